The summed E-state index contributed by atoms with van der Waals surface area (Å²) in [6, 6.07) is 0. The van der Waals surface area contributed by atoms with Gasteiger partial charge in [0.2, 0.25) is 0 Å². The Morgan fingerprint density at radius 1 is 1.00 bits per heavy atom. The Hall–Kier alpha value is 1.67. The van der Waals surface area contributed by atoms with E-state index in [0.717, 1.165) is 0 Å². The molecule has 0 rings (SSSR count). The first-order chi connectivity index (χ1) is 2.00. The van der Waals surface area contributed by atoms with Gasteiger partial charge in [0.1, 0.15) is 0 Å². The molecule has 9 heteroatoms. The molecular formula is H8CaO6SZn. The van der Waals surface area contributed by atoms with Crippen LogP contribution in [0.25, 0.3) is 0 Å². The van der Waals surface area contributed by atoms with Gasteiger partial charge >= 0.3 is 48.1 Å². The summed E-state index contributed by atoms with van der Waals surface area (Å²) in [6.45, 7) is 0. The first-order valence-corrected chi connectivity index (χ1v) is 2.10. The molecular weight excluding hydrogens is 234 g/mol. The van der Waals surface area contributed by atoms with Gasteiger partial charge in [-0.15, -0.1) is 0 Å². The van der Waals surface area contributed by atoms with Crippen LogP contribution in [-0.4, -0.2) is 66.2 Å². The molecule has 0 aliphatic carbocycles. The van der Waals surface area contributed by atoms with Gasteiger partial charge in [-0.3, -0.25) is 9.11 Å². The van der Waals surface area contributed by atoms with Gasteiger partial charge in [0.05, 0.1) is 0 Å². The van der Waals surface area contributed by atoms with Gasteiger partial charge in [-0.1, -0.05) is 0 Å². The van der Waals surface area contributed by atoms with Crippen LogP contribution in [-0.2, 0) is 29.9 Å². The second-order valence-corrected chi connectivity index (χ2v) is 1.34. The Labute approximate surface area is 95.0 Å². The van der Waals surface area contributed by atoms with Crippen molar-refractivity contribution in [2.75, 3.05) is 0 Å². The van der Waals surface area contributed by atoms with Gasteiger partial charge < -0.3 is 11.0 Å². The molecule has 54 valence electrons. The minimum Gasteiger partial charge on any atom is 0 e. The number of rotatable bonds is 0. The van der Waals surface area contributed by atoms with E-state index in [-0.39, 0.29) is 68.2 Å². The van der Waals surface area contributed by atoms with Crippen molar-refractivity contribution in [1.29, 1.82) is 0 Å². The second-order valence-electron chi connectivity index (χ2n) is 0.448. The van der Waals surface area contributed by atoms with Crippen molar-refractivity contribution < 1.29 is 48.0 Å². The van der Waals surface area contributed by atoms with Crippen LogP contribution in [0.3, 0.4) is 0 Å². The molecule has 0 spiro atoms. The molecule has 0 heterocycles. The van der Waals surface area contributed by atoms with E-state index < -0.39 is 10.4 Å². The predicted octanol–water partition coefficient (Wildman–Crippen LogP) is -3.22. The Morgan fingerprint density at radius 2 is 1.00 bits per heavy atom. The van der Waals surface area contributed by atoms with E-state index in [1.807, 2.05) is 0 Å². The van der Waals surface area contributed by atoms with Gasteiger partial charge in [0, 0.05) is 19.5 Å². The van der Waals surface area contributed by atoms with Crippen molar-refractivity contribution in [3.63, 3.8) is 0 Å². The van der Waals surface area contributed by atoms with Crippen LogP contribution in [0.4, 0.5) is 0 Å². The molecule has 0 amide bonds. The maximum atomic E-state index is 8.74. The Kier molecular flexibility index (Phi) is 42.6. The van der Waals surface area contributed by atoms with Crippen molar-refractivity contribution in [3.05, 3.63) is 0 Å². The van der Waals surface area contributed by atoms with E-state index in [9.17, 15) is 0 Å². The smallest absolute Gasteiger partial charge is 0 e. The van der Waals surface area contributed by atoms with Crippen LogP contribution in [0, 0.1) is 0 Å². The zero-order valence-electron chi connectivity index (χ0n) is 3.83. The van der Waals surface area contributed by atoms with E-state index in [0.29, 0.717) is 0 Å². The quantitative estimate of drug-likeness (QED) is 0.340. The largest absolute Gasteiger partial charge is 0 e. The van der Waals surface area contributed by atoms with Gasteiger partial charge in [-0.2, -0.15) is 8.42 Å². The number of hydrogen-bond acceptors (Lipinski definition) is 2. The van der Waals surface area contributed by atoms with Gasteiger partial charge in [0.25, 0.3) is 0 Å². The Bertz CT molecular complexity index is 96.2. The third kappa shape index (κ3) is 203. The molecule has 0 saturated carbocycles. The van der Waals surface area contributed by atoms with Gasteiger partial charge in [0.15, 0.2) is 0 Å². The van der Waals surface area contributed by atoms with Crippen molar-refractivity contribution in [3.8, 4) is 0 Å². The maximum Gasteiger partial charge on any atom is 0 e. The predicted molar refractivity (Wildman–Crippen MR) is 29.9 cm³/mol. The van der Waals surface area contributed by atoms with Crippen LogP contribution in [0.1, 0.15) is 0 Å². The van der Waals surface area contributed by atoms with E-state index in [1.165, 1.54) is 0 Å². The average molecular weight is 242 g/mol. The van der Waals surface area contributed by atoms with Crippen molar-refractivity contribution in [1.82, 2.24) is 0 Å². The van der Waals surface area contributed by atoms with E-state index in [4.69, 9.17) is 17.5 Å². The zero-order chi connectivity index (χ0) is 4.50. The van der Waals surface area contributed by atoms with E-state index >= 15 is 0 Å². The molecule has 0 fully saturated rings. The van der Waals surface area contributed by atoms with Crippen LogP contribution >= 0.6 is 0 Å². The number of hydrogen-bond donors (Lipinski definition) is 2. The normalized spacial score (nSPS) is 6.44. The molecule has 0 bridgehead atoms. The summed E-state index contributed by atoms with van der Waals surface area (Å²) in [4.78, 5) is 0. The van der Waals surface area contributed by atoms with E-state index in [1.54, 1.807) is 0 Å². The van der Waals surface area contributed by atoms with E-state index in [2.05, 4.69) is 0 Å². The SMILES string of the molecule is O.O.O=S(=O)(O)O.[CaH2].[Zn]. The standard InChI is InChI=1S/Ca.H2O4S.2H2O.Zn.2H/c;1-5(2,3)4;;;;;/h;(H2,1,2,3,4);2*1H2;;;. The molecule has 0 unspecified atom stereocenters. The summed E-state index contributed by atoms with van der Waals surface area (Å²) in [5, 5.41) is 0. The first-order valence-electron chi connectivity index (χ1n) is 0.698. The summed E-state index contributed by atoms with van der Waals surface area (Å²) < 4.78 is 31.6. The monoisotopic (exact) mass is 240 g/mol. The molecule has 0 aliphatic heterocycles. The average Bonchev–Trinajstić information content (AvgIpc) is 0.722. The van der Waals surface area contributed by atoms with Crippen LogP contribution < -0.4 is 0 Å². The molecule has 0 aromatic heterocycles. The zero-order valence-corrected chi connectivity index (χ0v) is 7.61. The molecule has 0 radical (unpaired) electrons. The molecule has 0 aliphatic rings. The summed E-state index contributed by atoms with van der Waals surface area (Å²) in [6.07, 6.45) is 0. The van der Waals surface area contributed by atoms with Crippen molar-refractivity contribution >= 4 is 48.1 Å². The van der Waals surface area contributed by atoms with Crippen LogP contribution in [0.15, 0.2) is 0 Å². The molecule has 0 aromatic carbocycles. The fourth-order valence-electron chi connectivity index (χ4n) is 0. The maximum absolute atomic E-state index is 8.74. The van der Waals surface area contributed by atoms with Crippen LogP contribution in [0.2, 0.25) is 0 Å². The molecule has 0 saturated heterocycles. The summed E-state index contributed by atoms with van der Waals surface area (Å²) >= 11 is 0. The Morgan fingerprint density at radius 3 is 1.00 bits per heavy atom. The van der Waals surface area contributed by atoms with Crippen LogP contribution in [0.5, 0.6) is 0 Å². The topological polar surface area (TPSA) is 138 Å². The second kappa shape index (κ2) is 12.4. The fraction of sp³-hybridized carbons (Fsp3) is 0. The summed E-state index contributed by atoms with van der Waals surface area (Å²) in [5.41, 5.74) is 0. The third-order valence-electron chi connectivity index (χ3n) is 0. The summed E-state index contributed by atoms with van der Waals surface area (Å²) in [5.74, 6) is 0. The van der Waals surface area contributed by atoms with Crippen molar-refractivity contribution in [2.45, 2.75) is 0 Å². The molecule has 0 atom stereocenters. The minimum absolute atomic E-state index is 0. The van der Waals surface area contributed by atoms with Crippen molar-refractivity contribution in [2.24, 2.45) is 0 Å². The first kappa shape index (κ1) is 31.0. The molecule has 9 heavy (non-hydrogen) atoms. The molecule has 0 aromatic rings. The van der Waals surface area contributed by atoms with Gasteiger partial charge in [-0.05, 0) is 0 Å². The minimum atomic E-state index is -4.67. The van der Waals surface area contributed by atoms with Gasteiger partial charge in [-0.25, -0.2) is 0 Å². The molecule has 6 N–H and O–H groups in total. The molecule has 6 nitrogen and oxygen atoms in total. The summed E-state index contributed by atoms with van der Waals surface area (Å²) in [7, 11) is -4.67. The Balaban J connectivity index is -0.0000000133. The third-order valence-corrected chi connectivity index (χ3v) is 0. The fourth-order valence-corrected chi connectivity index (χ4v) is 0.